The number of carbonyl (C=O) groups excluding carboxylic acids is 2. The van der Waals surface area contributed by atoms with Gasteiger partial charge in [0.2, 0.25) is 11.8 Å². The fourth-order valence-corrected chi connectivity index (χ4v) is 3.70. The van der Waals surface area contributed by atoms with Crippen molar-refractivity contribution >= 4 is 11.8 Å². The molecule has 176 valence electrons. The number of hydrogen-bond acceptors (Lipinski definition) is 3. The summed E-state index contributed by atoms with van der Waals surface area (Å²) in [5, 5.41) is 2.89. The van der Waals surface area contributed by atoms with Crippen molar-refractivity contribution < 1.29 is 9.59 Å². The number of primary amides is 1. The van der Waals surface area contributed by atoms with Crippen LogP contribution in [0.3, 0.4) is 0 Å². The van der Waals surface area contributed by atoms with Crippen molar-refractivity contribution in [1.82, 2.24) is 5.32 Å². The van der Waals surface area contributed by atoms with E-state index in [0.717, 1.165) is 12.8 Å². The van der Waals surface area contributed by atoms with Gasteiger partial charge in [0, 0.05) is 18.2 Å². The summed E-state index contributed by atoms with van der Waals surface area (Å²) in [7, 11) is 0. The summed E-state index contributed by atoms with van der Waals surface area (Å²) in [6.07, 6.45) is 23.7. The van der Waals surface area contributed by atoms with Gasteiger partial charge in [-0.25, -0.2) is 0 Å². The first kappa shape index (κ1) is 28.6. The Morgan fingerprint density at radius 1 is 0.700 bits per heavy atom. The van der Waals surface area contributed by atoms with E-state index in [4.69, 9.17) is 11.5 Å². The second kappa shape index (κ2) is 22.3. The molecule has 5 nitrogen and oxygen atoms in total. The largest absolute Gasteiger partial charge is 0.366 e. The van der Waals surface area contributed by atoms with Gasteiger partial charge in [0.25, 0.3) is 0 Å². The molecule has 0 unspecified atom stereocenters. The molecule has 0 radical (unpaired) electrons. The number of carbonyl (C=O) groups is 2. The molecule has 0 aliphatic carbocycles. The van der Waals surface area contributed by atoms with Crippen LogP contribution < -0.4 is 16.8 Å². The third kappa shape index (κ3) is 19.9. The van der Waals surface area contributed by atoms with Gasteiger partial charge in [0.15, 0.2) is 0 Å². The number of nitrogens with one attached hydrogen (secondary N) is 1. The highest BCUT2D eigenvalue weighted by Crippen LogP contribution is 2.13. The maximum atomic E-state index is 12.1. The van der Waals surface area contributed by atoms with E-state index < -0.39 is 5.91 Å². The van der Waals surface area contributed by atoms with Crippen molar-refractivity contribution in [1.29, 1.82) is 0 Å². The number of hydrogen-bond donors (Lipinski definition) is 3. The standard InChI is InChI=1S/C25H49N3O2/c1-2-3-4-5-6-7-8-9-10-11-12-13-14-15-16-17-21-28-25(30)23(19-18-20-26)22-24(27)29/h22H,2-21,26H2,1H3,(H2,27,29)(H,28,30)/b23-22-. The summed E-state index contributed by atoms with van der Waals surface area (Å²) in [4.78, 5) is 23.2. The van der Waals surface area contributed by atoms with E-state index in [2.05, 4.69) is 12.2 Å². The van der Waals surface area contributed by atoms with E-state index in [1.807, 2.05) is 0 Å². The third-order valence-corrected chi connectivity index (χ3v) is 5.57. The van der Waals surface area contributed by atoms with Crippen molar-refractivity contribution in [3.8, 4) is 0 Å². The molecule has 0 rings (SSSR count). The lowest BCUT2D eigenvalue weighted by atomic mass is 10.0. The maximum Gasteiger partial charge on any atom is 0.247 e. The van der Waals surface area contributed by atoms with Gasteiger partial charge in [-0.15, -0.1) is 0 Å². The minimum absolute atomic E-state index is 0.191. The zero-order chi connectivity index (χ0) is 22.3. The number of rotatable bonds is 22. The minimum atomic E-state index is -0.584. The first-order valence-electron chi connectivity index (χ1n) is 12.6. The quantitative estimate of drug-likeness (QED) is 0.158. The summed E-state index contributed by atoms with van der Waals surface area (Å²) in [6, 6.07) is 0. The van der Waals surface area contributed by atoms with Crippen LogP contribution in [-0.2, 0) is 9.59 Å². The van der Waals surface area contributed by atoms with Crippen LogP contribution in [0.15, 0.2) is 11.6 Å². The smallest absolute Gasteiger partial charge is 0.247 e. The van der Waals surface area contributed by atoms with Crippen molar-refractivity contribution in [2.24, 2.45) is 11.5 Å². The molecule has 0 aromatic rings. The van der Waals surface area contributed by atoms with Crippen LogP contribution in [0.5, 0.6) is 0 Å². The van der Waals surface area contributed by atoms with Crippen LogP contribution in [0.4, 0.5) is 0 Å². The molecule has 5 N–H and O–H groups in total. The monoisotopic (exact) mass is 423 g/mol. The van der Waals surface area contributed by atoms with Gasteiger partial charge >= 0.3 is 0 Å². The van der Waals surface area contributed by atoms with Crippen LogP contribution in [0.25, 0.3) is 0 Å². The Morgan fingerprint density at radius 3 is 1.53 bits per heavy atom. The molecule has 0 fully saturated rings. The van der Waals surface area contributed by atoms with Gasteiger partial charge in [-0.3, -0.25) is 9.59 Å². The second-order valence-corrected chi connectivity index (χ2v) is 8.52. The van der Waals surface area contributed by atoms with Crippen molar-refractivity contribution in [3.63, 3.8) is 0 Å². The van der Waals surface area contributed by atoms with E-state index in [0.29, 0.717) is 31.5 Å². The lowest BCUT2D eigenvalue weighted by molar-refractivity contribution is -0.118. The molecule has 0 heterocycles. The Bertz CT molecular complexity index is 450. The fourth-order valence-electron chi connectivity index (χ4n) is 3.70. The Labute approximate surface area is 185 Å². The molecule has 0 saturated heterocycles. The average Bonchev–Trinajstić information content (AvgIpc) is 2.72. The predicted octanol–water partition coefficient (Wildman–Crippen LogP) is 5.51. The minimum Gasteiger partial charge on any atom is -0.366 e. The second-order valence-electron chi connectivity index (χ2n) is 8.52. The highest BCUT2D eigenvalue weighted by molar-refractivity contribution is 6.00. The van der Waals surface area contributed by atoms with Gasteiger partial charge in [-0.05, 0) is 25.8 Å². The zero-order valence-electron chi connectivity index (χ0n) is 19.7. The molecule has 5 heteroatoms. The van der Waals surface area contributed by atoms with E-state index in [9.17, 15) is 9.59 Å². The molecule has 0 aromatic heterocycles. The first-order valence-corrected chi connectivity index (χ1v) is 12.6. The summed E-state index contributed by atoms with van der Waals surface area (Å²) in [5.41, 5.74) is 11.1. The van der Waals surface area contributed by atoms with Crippen LogP contribution >= 0.6 is 0 Å². The average molecular weight is 424 g/mol. The molecule has 0 saturated carbocycles. The van der Waals surface area contributed by atoms with Gasteiger partial charge in [-0.2, -0.15) is 0 Å². The molecule has 0 spiro atoms. The Morgan fingerprint density at radius 2 is 1.13 bits per heavy atom. The Kier molecular flexibility index (Phi) is 21.3. The van der Waals surface area contributed by atoms with Gasteiger partial charge in [0.05, 0.1) is 0 Å². The Balaban J connectivity index is 3.45. The van der Waals surface area contributed by atoms with Gasteiger partial charge in [-0.1, -0.05) is 103 Å². The highest BCUT2D eigenvalue weighted by Gasteiger charge is 2.09. The molecule has 0 bridgehead atoms. The molecule has 30 heavy (non-hydrogen) atoms. The summed E-state index contributed by atoms with van der Waals surface area (Å²) >= 11 is 0. The molecule has 0 aliphatic rings. The summed E-state index contributed by atoms with van der Waals surface area (Å²) in [5.74, 6) is -0.775. The number of nitrogens with two attached hydrogens (primary N) is 2. The lowest BCUT2D eigenvalue weighted by Crippen LogP contribution is -2.27. The highest BCUT2D eigenvalue weighted by atomic mass is 16.2. The number of amides is 2. The Hall–Kier alpha value is -1.36. The van der Waals surface area contributed by atoms with Crippen LogP contribution in [0.1, 0.15) is 122 Å². The van der Waals surface area contributed by atoms with Crippen molar-refractivity contribution in [2.45, 2.75) is 122 Å². The summed E-state index contributed by atoms with van der Waals surface area (Å²) in [6.45, 7) is 3.41. The van der Waals surface area contributed by atoms with Crippen LogP contribution in [0, 0.1) is 0 Å². The van der Waals surface area contributed by atoms with E-state index in [1.165, 1.54) is 96.0 Å². The molecule has 0 atom stereocenters. The summed E-state index contributed by atoms with van der Waals surface area (Å²) < 4.78 is 0. The van der Waals surface area contributed by atoms with E-state index in [1.54, 1.807) is 0 Å². The van der Waals surface area contributed by atoms with Gasteiger partial charge in [0.1, 0.15) is 0 Å². The van der Waals surface area contributed by atoms with Crippen molar-refractivity contribution in [3.05, 3.63) is 11.6 Å². The van der Waals surface area contributed by atoms with E-state index >= 15 is 0 Å². The topological polar surface area (TPSA) is 98.2 Å². The van der Waals surface area contributed by atoms with Crippen molar-refractivity contribution in [2.75, 3.05) is 13.1 Å². The first-order chi connectivity index (χ1) is 14.6. The molecular weight excluding hydrogens is 374 g/mol. The number of unbranched alkanes of at least 4 members (excludes halogenated alkanes) is 15. The van der Waals surface area contributed by atoms with Crippen LogP contribution in [0.2, 0.25) is 0 Å². The lowest BCUT2D eigenvalue weighted by Gasteiger charge is -2.08. The zero-order valence-corrected chi connectivity index (χ0v) is 19.7. The molecule has 0 aromatic carbocycles. The SMILES string of the molecule is CCCCCCCCCCCCCCCCCCNC(=O)/C(=C\C(N)=O)CCCN. The normalized spacial score (nSPS) is 11.6. The predicted molar refractivity (Wildman–Crippen MR) is 128 cm³/mol. The fraction of sp³-hybridized carbons (Fsp3) is 0.840. The molecular formula is C25H49N3O2. The molecule has 2 amide bonds. The van der Waals surface area contributed by atoms with E-state index in [-0.39, 0.29) is 5.91 Å². The molecule has 0 aliphatic heterocycles. The third-order valence-electron chi connectivity index (χ3n) is 5.57. The van der Waals surface area contributed by atoms with Crippen LogP contribution in [-0.4, -0.2) is 24.9 Å². The van der Waals surface area contributed by atoms with Gasteiger partial charge < -0.3 is 16.8 Å². The maximum absolute atomic E-state index is 12.1.